The first-order valence-corrected chi connectivity index (χ1v) is 11.6. The monoisotopic (exact) mass is 415 g/mol. The second-order valence-corrected chi connectivity index (χ2v) is 9.32. The third kappa shape index (κ3) is 5.16. The third-order valence-electron chi connectivity index (χ3n) is 5.30. The van der Waals surface area contributed by atoms with Crippen LogP contribution in [0.2, 0.25) is 0 Å². The Morgan fingerprint density at radius 3 is 2.34 bits per heavy atom. The van der Waals surface area contributed by atoms with Crippen molar-refractivity contribution in [3.8, 4) is 0 Å². The largest absolute Gasteiger partial charge is 0.371 e. The van der Waals surface area contributed by atoms with Gasteiger partial charge in [-0.15, -0.1) is 0 Å². The van der Waals surface area contributed by atoms with Crippen molar-refractivity contribution < 1.29 is 13.2 Å². The van der Waals surface area contributed by atoms with E-state index in [0.29, 0.717) is 12.0 Å². The lowest BCUT2D eigenvalue weighted by Crippen LogP contribution is -2.32. The summed E-state index contributed by atoms with van der Waals surface area (Å²) in [6.45, 7) is 7.94. The summed E-state index contributed by atoms with van der Waals surface area (Å²) in [5.74, 6) is -0.267. The summed E-state index contributed by atoms with van der Waals surface area (Å²) in [6, 6.07) is 11.8. The van der Waals surface area contributed by atoms with E-state index in [0.717, 1.165) is 24.3 Å². The van der Waals surface area contributed by atoms with Crippen molar-refractivity contribution in [3.05, 3.63) is 53.6 Å². The van der Waals surface area contributed by atoms with Gasteiger partial charge in [-0.2, -0.15) is 0 Å². The molecule has 2 aromatic carbocycles. The summed E-state index contributed by atoms with van der Waals surface area (Å²) in [5, 5.41) is 2.89. The molecule has 0 aliphatic carbocycles. The molecule has 29 heavy (non-hydrogen) atoms. The van der Waals surface area contributed by atoms with E-state index in [4.69, 9.17) is 0 Å². The molecule has 3 rings (SSSR count). The smallest absolute Gasteiger partial charge is 0.255 e. The van der Waals surface area contributed by atoms with Crippen molar-refractivity contribution in [2.45, 2.75) is 51.0 Å². The van der Waals surface area contributed by atoms with Crippen LogP contribution in [0.5, 0.6) is 0 Å². The molecule has 1 atom stereocenters. The number of carbonyl (C=O) groups is 1. The molecular formula is C22H29N3O3S. The zero-order valence-electron chi connectivity index (χ0n) is 17.2. The predicted octanol–water partition coefficient (Wildman–Crippen LogP) is 3.92. The van der Waals surface area contributed by atoms with Gasteiger partial charge in [-0.1, -0.05) is 6.92 Å². The van der Waals surface area contributed by atoms with Crippen molar-refractivity contribution in [2.24, 2.45) is 0 Å². The Morgan fingerprint density at radius 2 is 1.76 bits per heavy atom. The van der Waals surface area contributed by atoms with Crippen molar-refractivity contribution in [2.75, 3.05) is 23.3 Å². The maximum absolute atomic E-state index is 12.6. The van der Waals surface area contributed by atoms with Crippen LogP contribution in [0.4, 0.5) is 11.4 Å². The molecule has 0 bridgehead atoms. The van der Waals surface area contributed by atoms with E-state index in [9.17, 15) is 13.2 Å². The van der Waals surface area contributed by atoms with Crippen LogP contribution in [0.25, 0.3) is 0 Å². The Balaban J connectivity index is 1.69. The van der Waals surface area contributed by atoms with Gasteiger partial charge in [0, 0.05) is 36.1 Å². The Bertz CT molecular complexity index is 965. The summed E-state index contributed by atoms with van der Waals surface area (Å²) in [6.07, 6.45) is 3.14. The van der Waals surface area contributed by atoms with Crippen LogP contribution in [-0.4, -0.2) is 33.5 Å². The first-order valence-electron chi connectivity index (χ1n) is 10.1. The lowest BCUT2D eigenvalue weighted by Gasteiger charge is -2.20. The van der Waals surface area contributed by atoms with Gasteiger partial charge in [0.05, 0.1) is 4.90 Å². The number of sulfonamides is 1. The first-order chi connectivity index (χ1) is 13.8. The second kappa shape index (κ2) is 8.97. The molecule has 7 heteroatoms. The van der Waals surface area contributed by atoms with Gasteiger partial charge < -0.3 is 10.2 Å². The van der Waals surface area contributed by atoms with Gasteiger partial charge in [-0.05, 0) is 81.1 Å². The zero-order chi connectivity index (χ0) is 21.0. The quantitative estimate of drug-likeness (QED) is 0.718. The standard InChI is InChI=1S/C22H29N3O3S/c1-4-17(3)24-29(27,28)20-10-7-18(8-11-20)22(26)23-19-9-12-21(16(2)15-19)25-13-5-6-14-25/h7-12,15,17,24H,4-6,13-14H2,1-3H3,(H,23,26). The van der Waals surface area contributed by atoms with Crippen LogP contribution in [-0.2, 0) is 10.0 Å². The number of aryl methyl sites for hydroxylation is 1. The molecule has 0 aromatic heterocycles. The van der Waals surface area contributed by atoms with Crippen LogP contribution in [0.15, 0.2) is 47.4 Å². The summed E-state index contributed by atoms with van der Waals surface area (Å²) >= 11 is 0. The number of hydrogen-bond acceptors (Lipinski definition) is 4. The molecule has 6 nitrogen and oxygen atoms in total. The molecule has 2 N–H and O–H groups in total. The van der Waals surface area contributed by atoms with Crippen molar-refractivity contribution >= 4 is 27.3 Å². The van der Waals surface area contributed by atoms with Crippen molar-refractivity contribution in [1.29, 1.82) is 0 Å². The van der Waals surface area contributed by atoms with Gasteiger partial charge in [-0.25, -0.2) is 13.1 Å². The minimum absolute atomic E-state index is 0.144. The number of amides is 1. The highest BCUT2D eigenvalue weighted by Gasteiger charge is 2.18. The molecule has 1 unspecified atom stereocenters. The van der Waals surface area contributed by atoms with Gasteiger partial charge in [0.1, 0.15) is 0 Å². The van der Waals surface area contributed by atoms with Gasteiger partial charge in [0.15, 0.2) is 0 Å². The lowest BCUT2D eigenvalue weighted by molar-refractivity contribution is 0.102. The molecule has 1 heterocycles. The number of hydrogen-bond donors (Lipinski definition) is 2. The molecule has 1 aliphatic rings. The SMILES string of the molecule is CCC(C)NS(=O)(=O)c1ccc(C(=O)Nc2ccc(N3CCCC3)c(C)c2)cc1. The van der Waals surface area contributed by atoms with Crippen molar-refractivity contribution in [1.82, 2.24) is 4.72 Å². The van der Waals surface area contributed by atoms with Crippen LogP contribution in [0, 0.1) is 6.92 Å². The van der Waals surface area contributed by atoms with Crippen LogP contribution in [0.3, 0.4) is 0 Å². The van der Waals surface area contributed by atoms with E-state index in [-0.39, 0.29) is 16.8 Å². The third-order valence-corrected chi connectivity index (χ3v) is 6.90. The highest BCUT2D eigenvalue weighted by molar-refractivity contribution is 7.89. The maximum atomic E-state index is 12.6. The van der Waals surface area contributed by atoms with E-state index in [1.807, 2.05) is 39.0 Å². The fourth-order valence-electron chi connectivity index (χ4n) is 3.45. The Morgan fingerprint density at radius 1 is 1.10 bits per heavy atom. The highest BCUT2D eigenvalue weighted by atomic mass is 32.2. The van der Waals surface area contributed by atoms with Crippen LogP contribution < -0.4 is 14.9 Å². The van der Waals surface area contributed by atoms with E-state index >= 15 is 0 Å². The maximum Gasteiger partial charge on any atom is 0.255 e. The molecule has 1 saturated heterocycles. The highest BCUT2D eigenvalue weighted by Crippen LogP contribution is 2.27. The number of nitrogens with one attached hydrogen (secondary N) is 2. The van der Waals surface area contributed by atoms with Gasteiger partial charge in [0.2, 0.25) is 10.0 Å². The Labute approximate surface area is 173 Å². The van der Waals surface area contributed by atoms with Crippen LogP contribution in [0.1, 0.15) is 49.0 Å². The van der Waals surface area contributed by atoms with Crippen LogP contribution >= 0.6 is 0 Å². The fraction of sp³-hybridized carbons (Fsp3) is 0.409. The summed E-state index contributed by atoms with van der Waals surface area (Å²) in [4.78, 5) is 15.1. The summed E-state index contributed by atoms with van der Waals surface area (Å²) < 4.78 is 27.3. The zero-order valence-corrected chi connectivity index (χ0v) is 18.1. The lowest BCUT2D eigenvalue weighted by atomic mass is 10.1. The van der Waals surface area contributed by atoms with Crippen molar-refractivity contribution in [3.63, 3.8) is 0 Å². The molecule has 2 aromatic rings. The average molecular weight is 416 g/mol. The first kappa shape index (κ1) is 21.3. The molecule has 1 fully saturated rings. The summed E-state index contributed by atoms with van der Waals surface area (Å²) in [7, 11) is -3.58. The van der Waals surface area contributed by atoms with E-state index < -0.39 is 10.0 Å². The fourth-order valence-corrected chi connectivity index (χ4v) is 4.78. The number of anilines is 2. The molecular weight excluding hydrogens is 386 g/mol. The number of rotatable bonds is 7. The van der Waals surface area contributed by atoms with E-state index in [1.54, 1.807) is 0 Å². The second-order valence-electron chi connectivity index (χ2n) is 7.60. The Kier molecular flexibility index (Phi) is 6.59. The van der Waals surface area contributed by atoms with Gasteiger partial charge in [-0.3, -0.25) is 4.79 Å². The molecule has 0 radical (unpaired) electrons. The Hall–Kier alpha value is -2.38. The average Bonchev–Trinajstić information content (AvgIpc) is 3.22. The minimum Gasteiger partial charge on any atom is -0.371 e. The topological polar surface area (TPSA) is 78.5 Å². The molecule has 1 amide bonds. The number of carbonyl (C=O) groups excluding carboxylic acids is 1. The van der Waals surface area contributed by atoms with E-state index in [1.165, 1.54) is 42.8 Å². The van der Waals surface area contributed by atoms with Gasteiger partial charge in [0.25, 0.3) is 5.91 Å². The molecule has 0 saturated carbocycles. The summed E-state index contributed by atoms with van der Waals surface area (Å²) in [5.41, 5.74) is 3.48. The number of benzene rings is 2. The molecule has 0 spiro atoms. The van der Waals surface area contributed by atoms with E-state index in [2.05, 4.69) is 14.9 Å². The minimum atomic E-state index is -3.58. The number of nitrogens with zero attached hydrogens (tertiary/aromatic N) is 1. The predicted molar refractivity (Wildman–Crippen MR) is 117 cm³/mol. The van der Waals surface area contributed by atoms with Gasteiger partial charge >= 0.3 is 0 Å². The molecule has 1 aliphatic heterocycles. The molecule has 156 valence electrons. The normalized spacial score (nSPS) is 15.3.